The molecule has 236 valence electrons. The molecule has 0 bridgehead atoms. The van der Waals surface area contributed by atoms with E-state index < -0.39 is 33.4 Å². The lowest BCUT2D eigenvalue weighted by Crippen LogP contribution is -2.48. The molecule has 2 aromatic heterocycles. The van der Waals surface area contributed by atoms with Crippen LogP contribution in [0.3, 0.4) is 0 Å². The van der Waals surface area contributed by atoms with Crippen LogP contribution in [0.25, 0.3) is 22.0 Å². The number of halogens is 3. The standard InChI is InChI=1S/C33H29F3N6O3S/c34-33(35,36)28-19-24(32(43)42-17-15-41(16-18-42)21-22-10-13-38-14-11-22)6-8-29(28)40-46(44,45)30-9-7-25(37)20-27(30)26-5-1-3-23-4-2-12-39-31(23)26/h1-14,19-20,40H,15-18,21,37H2. The van der Waals surface area contributed by atoms with Crippen LogP contribution in [0.15, 0.2) is 102 Å². The number of pyridine rings is 2. The predicted octanol–water partition coefficient (Wildman–Crippen LogP) is 5.66. The number of aromatic nitrogens is 2. The van der Waals surface area contributed by atoms with E-state index in [0.717, 1.165) is 17.0 Å². The lowest BCUT2D eigenvalue weighted by atomic mass is 10.0. The minimum absolute atomic E-state index is 0.181. The van der Waals surface area contributed by atoms with Gasteiger partial charge in [-0.05, 0) is 60.2 Å². The first-order valence-corrected chi connectivity index (χ1v) is 15.9. The van der Waals surface area contributed by atoms with Gasteiger partial charge in [0.2, 0.25) is 0 Å². The summed E-state index contributed by atoms with van der Waals surface area (Å²) in [5.41, 5.74) is 6.31. The molecular weight excluding hydrogens is 617 g/mol. The average Bonchev–Trinajstić information content (AvgIpc) is 3.04. The highest BCUT2D eigenvalue weighted by atomic mass is 32.2. The second-order valence-electron chi connectivity index (χ2n) is 10.9. The highest BCUT2D eigenvalue weighted by molar-refractivity contribution is 7.92. The smallest absolute Gasteiger partial charge is 0.399 e. The largest absolute Gasteiger partial charge is 0.418 e. The summed E-state index contributed by atoms with van der Waals surface area (Å²) < 4.78 is 72.6. The van der Waals surface area contributed by atoms with Crippen LogP contribution < -0.4 is 10.5 Å². The summed E-state index contributed by atoms with van der Waals surface area (Å²) in [6.07, 6.45) is 0.00896. The topological polar surface area (TPSA) is 122 Å². The molecule has 3 aromatic carbocycles. The molecule has 0 radical (unpaired) electrons. The van der Waals surface area contributed by atoms with Crippen molar-refractivity contribution in [2.75, 3.05) is 36.6 Å². The van der Waals surface area contributed by atoms with Gasteiger partial charge in [-0.2, -0.15) is 13.2 Å². The Morgan fingerprint density at radius 3 is 2.35 bits per heavy atom. The molecule has 1 aliphatic heterocycles. The quantitative estimate of drug-likeness (QED) is 0.219. The first kappa shape index (κ1) is 31.0. The maximum atomic E-state index is 14.3. The second-order valence-corrected chi connectivity index (χ2v) is 12.6. The minimum atomic E-state index is -4.96. The van der Waals surface area contributed by atoms with E-state index in [1.807, 2.05) is 24.3 Å². The number of sulfonamides is 1. The number of nitrogens with one attached hydrogen (secondary N) is 1. The van der Waals surface area contributed by atoms with Gasteiger partial charge in [0, 0.05) is 79.1 Å². The Morgan fingerprint density at radius 2 is 1.61 bits per heavy atom. The first-order valence-electron chi connectivity index (χ1n) is 14.4. The number of nitrogen functional groups attached to an aromatic ring is 1. The van der Waals surface area contributed by atoms with Crippen molar-refractivity contribution in [1.82, 2.24) is 19.8 Å². The zero-order chi connectivity index (χ0) is 32.5. The Kier molecular flexibility index (Phi) is 8.36. The average molecular weight is 647 g/mol. The molecule has 13 heteroatoms. The molecule has 0 saturated carbocycles. The van der Waals surface area contributed by atoms with Gasteiger partial charge in [-0.3, -0.25) is 24.4 Å². The number of carbonyl (C=O) groups is 1. The predicted molar refractivity (Wildman–Crippen MR) is 169 cm³/mol. The van der Waals surface area contributed by atoms with Crippen LogP contribution in [0.5, 0.6) is 0 Å². The van der Waals surface area contributed by atoms with Crippen molar-refractivity contribution < 1.29 is 26.4 Å². The van der Waals surface area contributed by atoms with Crippen LogP contribution in [-0.2, 0) is 22.7 Å². The normalized spacial score (nSPS) is 14.4. The summed E-state index contributed by atoms with van der Waals surface area (Å²) in [7, 11) is -4.58. The number of piperazine rings is 1. The molecule has 3 heterocycles. The zero-order valence-corrected chi connectivity index (χ0v) is 25.2. The summed E-state index contributed by atoms with van der Waals surface area (Å²) >= 11 is 0. The third kappa shape index (κ3) is 6.51. The molecule has 0 aliphatic carbocycles. The van der Waals surface area contributed by atoms with Gasteiger partial charge in [-0.15, -0.1) is 0 Å². The number of benzene rings is 3. The van der Waals surface area contributed by atoms with Crippen molar-refractivity contribution in [2.24, 2.45) is 0 Å². The van der Waals surface area contributed by atoms with E-state index in [-0.39, 0.29) is 21.7 Å². The van der Waals surface area contributed by atoms with Gasteiger partial charge in [0.15, 0.2) is 0 Å². The van der Waals surface area contributed by atoms with Gasteiger partial charge in [0.25, 0.3) is 15.9 Å². The van der Waals surface area contributed by atoms with E-state index in [1.54, 1.807) is 36.8 Å². The van der Waals surface area contributed by atoms with Crippen LogP contribution in [0.4, 0.5) is 24.5 Å². The zero-order valence-electron chi connectivity index (χ0n) is 24.4. The van der Waals surface area contributed by atoms with Crippen molar-refractivity contribution in [3.8, 4) is 11.1 Å². The molecule has 0 atom stereocenters. The van der Waals surface area contributed by atoms with Crippen LogP contribution in [0.1, 0.15) is 21.5 Å². The van der Waals surface area contributed by atoms with Crippen molar-refractivity contribution >= 4 is 38.2 Å². The molecule has 3 N–H and O–H groups in total. The molecule has 0 unspecified atom stereocenters. The molecule has 1 amide bonds. The summed E-state index contributed by atoms with van der Waals surface area (Å²) in [5.74, 6) is -0.562. The number of rotatable bonds is 7. The maximum Gasteiger partial charge on any atom is 0.418 e. The Labute approximate surface area is 263 Å². The third-order valence-electron chi connectivity index (χ3n) is 7.85. The molecular formula is C33H29F3N6O3S. The molecule has 1 aliphatic rings. The number of anilines is 2. The lowest BCUT2D eigenvalue weighted by Gasteiger charge is -2.35. The van der Waals surface area contributed by atoms with Gasteiger partial charge >= 0.3 is 6.18 Å². The lowest BCUT2D eigenvalue weighted by molar-refractivity contribution is -0.136. The van der Waals surface area contributed by atoms with Crippen molar-refractivity contribution in [1.29, 1.82) is 0 Å². The molecule has 6 rings (SSSR count). The van der Waals surface area contributed by atoms with Crippen LogP contribution in [0.2, 0.25) is 0 Å². The first-order chi connectivity index (χ1) is 22.0. The second kappa shape index (κ2) is 12.4. The fourth-order valence-corrected chi connectivity index (χ4v) is 6.84. The van der Waals surface area contributed by atoms with Gasteiger partial charge in [-0.25, -0.2) is 8.42 Å². The highest BCUT2D eigenvalue weighted by Gasteiger charge is 2.36. The monoisotopic (exact) mass is 646 g/mol. The summed E-state index contributed by atoms with van der Waals surface area (Å²) in [6, 6.07) is 19.5. The third-order valence-corrected chi connectivity index (χ3v) is 9.27. The fraction of sp³-hybridized carbons (Fsp3) is 0.182. The van der Waals surface area contributed by atoms with E-state index in [9.17, 15) is 26.4 Å². The fourth-order valence-electron chi connectivity index (χ4n) is 5.55. The number of nitrogens with zero attached hydrogens (tertiary/aromatic N) is 4. The Morgan fingerprint density at radius 1 is 0.870 bits per heavy atom. The van der Waals surface area contributed by atoms with Gasteiger partial charge in [-0.1, -0.05) is 24.3 Å². The number of hydrogen-bond donors (Lipinski definition) is 2. The van der Waals surface area contributed by atoms with E-state index in [0.29, 0.717) is 49.9 Å². The number of carbonyl (C=O) groups excluding carboxylic acids is 1. The molecule has 1 fully saturated rings. The van der Waals surface area contributed by atoms with Crippen molar-refractivity contribution in [3.05, 3.63) is 114 Å². The number of nitrogens with two attached hydrogens (primary N) is 1. The number of para-hydroxylation sites is 1. The van der Waals surface area contributed by atoms with Gasteiger partial charge in [0.1, 0.15) is 0 Å². The number of hydrogen-bond acceptors (Lipinski definition) is 7. The summed E-state index contributed by atoms with van der Waals surface area (Å²) in [4.78, 5) is 25.0. The Balaban J connectivity index is 1.27. The SMILES string of the molecule is Nc1ccc(S(=O)(=O)Nc2ccc(C(=O)N3CCN(Cc4ccncc4)CC3)cc2C(F)(F)F)c(-c2cccc3cccnc23)c1. The van der Waals surface area contributed by atoms with Gasteiger partial charge < -0.3 is 10.6 Å². The van der Waals surface area contributed by atoms with E-state index >= 15 is 0 Å². The number of amides is 1. The van der Waals surface area contributed by atoms with Crippen molar-refractivity contribution in [2.45, 2.75) is 17.6 Å². The molecule has 1 saturated heterocycles. The minimum Gasteiger partial charge on any atom is -0.399 e. The van der Waals surface area contributed by atoms with Crippen LogP contribution in [0, 0.1) is 0 Å². The van der Waals surface area contributed by atoms with Gasteiger partial charge in [0.05, 0.1) is 21.7 Å². The number of alkyl halides is 3. The van der Waals surface area contributed by atoms with E-state index in [4.69, 9.17) is 5.73 Å². The molecule has 46 heavy (non-hydrogen) atoms. The summed E-state index contributed by atoms with van der Waals surface area (Å²) in [6.45, 7) is 2.44. The summed E-state index contributed by atoms with van der Waals surface area (Å²) in [5, 5.41) is 0.744. The van der Waals surface area contributed by atoms with E-state index in [1.165, 1.54) is 29.2 Å². The molecule has 9 nitrogen and oxygen atoms in total. The van der Waals surface area contributed by atoms with Crippen molar-refractivity contribution in [3.63, 3.8) is 0 Å². The van der Waals surface area contributed by atoms with E-state index in [2.05, 4.69) is 19.6 Å². The van der Waals surface area contributed by atoms with Crippen LogP contribution in [-0.4, -0.2) is 60.3 Å². The molecule has 0 spiro atoms. The Hall–Kier alpha value is -5.01. The molecule has 5 aromatic rings. The number of fused-ring (bicyclic) bond motifs is 1. The van der Waals surface area contributed by atoms with Crippen LogP contribution >= 0.6 is 0 Å². The maximum absolute atomic E-state index is 14.3. The highest BCUT2D eigenvalue weighted by Crippen LogP contribution is 2.39. The Bertz CT molecular complexity index is 2010.